The molecule has 0 spiro atoms. The molecule has 2 aromatic rings. The first-order chi connectivity index (χ1) is 14.0. The maximum absolute atomic E-state index is 11.6. The minimum atomic E-state index is -0.906. The quantitative estimate of drug-likeness (QED) is 0.527. The zero-order valence-corrected chi connectivity index (χ0v) is 17.0. The lowest BCUT2D eigenvalue weighted by Gasteiger charge is -2.17. The maximum atomic E-state index is 11.6. The third-order valence-electron chi connectivity index (χ3n) is 5.46. The van der Waals surface area contributed by atoms with E-state index in [0.29, 0.717) is 30.7 Å². The van der Waals surface area contributed by atoms with Crippen molar-refractivity contribution in [2.24, 2.45) is 0 Å². The van der Waals surface area contributed by atoms with Crippen LogP contribution in [0.1, 0.15) is 67.1 Å². The molecule has 0 aromatic carbocycles. The lowest BCUT2D eigenvalue weighted by molar-refractivity contribution is -0.139. The molecule has 1 unspecified atom stereocenters. The number of hydrogen-bond donors (Lipinski definition) is 3. The summed E-state index contributed by atoms with van der Waals surface area (Å²) in [6.07, 6.45) is 9.10. The molecule has 0 radical (unpaired) electrons. The van der Waals surface area contributed by atoms with Gasteiger partial charge in [-0.05, 0) is 63.5 Å². The Bertz CT molecular complexity index is 810. The van der Waals surface area contributed by atoms with Crippen LogP contribution in [-0.4, -0.2) is 43.8 Å². The number of hydrogen-bond acceptors (Lipinski definition) is 6. The fraction of sp³-hybridized carbons (Fsp3) is 0.545. The molecule has 0 fully saturated rings. The van der Waals surface area contributed by atoms with Gasteiger partial charge in [0.05, 0.1) is 12.0 Å². The second-order valence-electron chi connectivity index (χ2n) is 7.77. The van der Waals surface area contributed by atoms with Crippen molar-refractivity contribution in [1.82, 2.24) is 15.0 Å². The SMILES string of the molecule is Cc1ncc([C@H](CCC(O)CCCCc2ccc3c(n2)NCCC3)C(=O)O)cn1. The first-order valence-corrected chi connectivity index (χ1v) is 10.4. The van der Waals surface area contributed by atoms with Crippen LogP contribution < -0.4 is 5.32 Å². The molecule has 2 aromatic heterocycles. The van der Waals surface area contributed by atoms with Crippen LogP contribution in [0.2, 0.25) is 0 Å². The summed E-state index contributed by atoms with van der Waals surface area (Å²) in [4.78, 5) is 24.4. The number of aliphatic hydroxyl groups excluding tert-OH is 1. The third kappa shape index (κ3) is 6.22. The Hall–Kier alpha value is -2.54. The Labute approximate surface area is 171 Å². The van der Waals surface area contributed by atoms with E-state index in [2.05, 4.69) is 27.4 Å². The van der Waals surface area contributed by atoms with Gasteiger partial charge in [0.15, 0.2) is 0 Å². The van der Waals surface area contributed by atoms with E-state index in [4.69, 9.17) is 4.98 Å². The number of rotatable bonds is 10. The molecule has 2 atom stereocenters. The van der Waals surface area contributed by atoms with Crippen molar-refractivity contribution < 1.29 is 15.0 Å². The molecular weight excluding hydrogens is 368 g/mol. The number of aryl methyl sites for hydroxylation is 3. The number of carbonyl (C=O) groups is 1. The van der Waals surface area contributed by atoms with E-state index in [-0.39, 0.29) is 0 Å². The number of fused-ring (bicyclic) bond motifs is 1. The zero-order valence-electron chi connectivity index (χ0n) is 17.0. The number of carboxylic acid groups (broad SMARTS) is 1. The standard InChI is InChI=1S/C22H30N4O3/c1-15-24-13-17(14-25-15)20(22(28)29)11-10-19(27)7-3-2-6-18-9-8-16-5-4-12-23-21(16)26-18/h8-9,13-14,19-20,27H,2-7,10-12H2,1H3,(H,23,26)(H,28,29)/t19?,20-/m0/s1. The predicted octanol–water partition coefficient (Wildman–Crippen LogP) is 3.26. The highest BCUT2D eigenvalue weighted by molar-refractivity contribution is 5.75. The largest absolute Gasteiger partial charge is 0.481 e. The van der Waals surface area contributed by atoms with E-state index in [9.17, 15) is 15.0 Å². The van der Waals surface area contributed by atoms with E-state index in [1.54, 1.807) is 19.3 Å². The first-order valence-electron chi connectivity index (χ1n) is 10.4. The highest BCUT2D eigenvalue weighted by atomic mass is 16.4. The van der Waals surface area contributed by atoms with Crippen molar-refractivity contribution >= 4 is 11.8 Å². The number of unbranched alkanes of at least 4 members (excludes halogenated alkanes) is 1. The fourth-order valence-electron chi connectivity index (χ4n) is 3.71. The van der Waals surface area contributed by atoms with Crippen LogP contribution in [0, 0.1) is 6.92 Å². The summed E-state index contributed by atoms with van der Waals surface area (Å²) in [5.41, 5.74) is 2.96. The van der Waals surface area contributed by atoms with Crippen molar-refractivity contribution in [3.63, 3.8) is 0 Å². The van der Waals surface area contributed by atoms with Crippen LogP contribution in [-0.2, 0) is 17.6 Å². The van der Waals surface area contributed by atoms with Crippen LogP contribution >= 0.6 is 0 Å². The van der Waals surface area contributed by atoms with Crippen LogP contribution in [0.25, 0.3) is 0 Å². The van der Waals surface area contributed by atoms with E-state index >= 15 is 0 Å². The average molecular weight is 399 g/mol. The summed E-state index contributed by atoms with van der Waals surface area (Å²) in [6, 6.07) is 4.27. The summed E-state index contributed by atoms with van der Waals surface area (Å²) >= 11 is 0. The summed E-state index contributed by atoms with van der Waals surface area (Å²) in [5.74, 6) is 0.0462. The van der Waals surface area contributed by atoms with Crippen LogP contribution in [0.5, 0.6) is 0 Å². The van der Waals surface area contributed by atoms with Crippen LogP contribution in [0.4, 0.5) is 5.82 Å². The molecule has 1 aliphatic heterocycles. The molecule has 0 aliphatic carbocycles. The molecule has 0 saturated carbocycles. The molecule has 1 aliphatic rings. The van der Waals surface area contributed by atoms with Crippen molar-refractivity contribution in [3.05, 3.63) is 47.2 Å². The van der Waals surface area contributed by atoms with Gasteiger partial charge < -0.3 is 15.5 Å². The first kappa shape index (κ1) is 21.2. The summed E-state index contributed by atoms with van der Waals surface area (Å²) in [7, 11) is 0. The second-order valence-corrected chi connectivity index (χ2v) is 7.77. The van der Waals surface area contributed by atoms with E-state index in [1.807, 2.05) is 0 Å². The molecule has 3 rings (SSSR count). The molecule has 7 nitrogen and oxygen atoms in total. The van der Waals surface area contributed by atoms with E-state index in [1.165, 1.54) is 5.56 Å². The highest BCUT2D eigenvalue weighted by Crippen LogP contribution is 2.23. The van der Waals surface area contributed by atoms with Gasteiger partial charge in [-0.25, -0.2) is 15.0 Å². The Kier molecular flexibility index (Phi) is 7.52. The number of aliphatic hydroxyl groups is 1. The fourth-order valence-corrected chi connectivity index (χ4v) is 3.71. The van der Waals surface area contributed by atoms with Gasteiger partial charge in [-0.1, -0.05) is 12.5 Å². The minimum absolute atomic E-state index is 0.376. The molecule has 29 heavy (non-hydrogen) atoms. The van der Waals surface area contributed by atoms with Gasteiger partial charge in [-0.3, -0.25) is 4.79 Å². The average Bonchev–Trinajstić information content (AvgIpc) is 2.72. The Morgan fingerprint density at radius 2 is 1.97 bits per heavy atom. The number of pyridine rings is 1. The van der Waals surface area contributed by atoms with Gasteiger partial charge in [-0.2, -0.15) is 0 Å². The Balaban J connectivity index is 1.39. The van der Waals surface area contributed by atoms with E-state index in [0.717, 1.165) is 50.2 Å². The van der Waals surface area contributed by atoms with Gasteiger partial charge in [0, 0.05) is 30.2 Å². The Morgan fingerprint density at radius 3 is 2.72 bits per heavy atom. The lowest BCUT2D eigenvalue weighted by atomic mass is 9.94. The molecular formula is C22H30N4O3. The van der Waals surface area contributed by atoms with E-state index < -0.39 is 18.0 Å². The summed E-state index contributed by atoms with van der Waals surface area (Å²) in [5, 5.41) is 23.1. The molecule has 0 saturated heterocycles. The number of nitrogens with one attached hydrogen (secondary N) is 1. The van der Waals surface area contributed by atoms with Gasteiger partial charge in [0.1, 0.15) is 11.6 Å². The highest BCUT2D eigenvalue weighted by Gasteiger charge is 2.21. The molecule has 7 heteroatoms. The zero-order chi connectivity index (χ0) is 20.6. The second kappa shape index (κ2) is 10.3. The monoisotopic (exact) mass is 398 g/mol. The number of aromatic nitrogens is 3. The lowest BCUT2D eigenvalue weighted by Crippen LogP contribution is -2.16. The van der Waals surface area contributed by atoms with Gasteiger partial charge >= 0.3 is 5.97 Å². The molecule has 0 amide bonds. The maximum Gasteiger partial charge on any atom is 0.311 e. The van der Waals surface area contributed by atoms with Crippen molar-refractivity contribution in [3.8, 4) is 0 Å². The number of nitrogens with zero attached hydrogens (tertiary/aromatic N) is 3. The van der Waals surface area contributed by atoms with Gasteiger partial charge in [0.2, 0.25) is 0 Å². The van der Waals surface area contributed by atoms with Gasteiger partial charge in [-0.15, -0.1) is 0 Å². The Morgan fingerprint density at radius 1 is 1.17 bits per heavy atom. The number of carboxylic acids is 1. The van der Waals surface area contributed by atoms with Crippen LogP contribution in [0.15, 0.2) is 24.5 Å². The molecule has 156 valence electrons. The molecule has 3 heterocycles. The smallest absolute Gasteiger partial charge is 0.311 e. The minimum Gasteiger partial charge on any atom is -0.481 e. The van der Waals surface area contributed by atoms with Gasteiger partial charge in [0.25, 0.3) is 0 Å². The summed E-state index contributed by atoms with van der Waals surface area (Å²) in [6.45, 7) is 2.75. The molecule has 0 bridgehead atoms. The molecule has 3 N–H and O–H groups in total. The van der Waals surface area contributed by atoms with Crippen molar-refractivity contribution in [2.75, 3.05) is 11.9 Å². The third-order valence-corrected chi connectivity index (χ3v) is 5.46. The summed E-state index contributed by atoms with van der Waals surface area (Å²) < 4.78 is 0. The predicted molar refractivity (Wildman–Crippen MR) is 111 cm³/mol. The topological polar surface area (TPSA) is 108 Å². The van der Waals surface area contributed by atoms with Crippen molar-refractivity contribution in [1.29, 1.82) is 0 Å². The number of aliphatic carboxylic acids is 1. The van der Waals surface area contributed by atoms with Crippen LogP contribution in [0.3, 0.4) is 0 Å². The number of anilines is 1. The van der Waals surface area contributed by atoms with Crippen molar-refractivity contribution in [2.45, 2.75) is 70.3 Å². The normalized spacial score (nSPS) is 15.2.